The number of imide groups is 1. The van der Waals surface area contributed by atoms with Gasteiger partial charge in [0.1, 0.15) is 0 Å². The molecule has 0 aromatic carbocycles. The number of nitrogens with one attached hydrogen (secondary N) is 1. The molecule has 1 aliphatic carbocycles. The first-order valence-electron chi connectivity index (χ1n) is 6.18. The molecular formula is C14H13N3O2. The molecule has 5 nitrogen and oxygen atoms in total. The second-order valence-electron chi connectivity index (χ2n) is 4.49. The van der Waals surface area contributed by atoms with E-state index in [1.54, 1.807) is 24.5 Å². The zero-order valence-electron chi connectivity index (χ0n) is 10.3. The zero-order valence-corrected chi connectivity index (χ0v) is 10.3. The number of allylic oxidation sites excluding steroid dienone is 1. The molecule has 96 valence electrons. The van der Waals surface area contributed by atoms with Crippen LogP contribution in [0.3, 0.4) is 0 Å². The molecule has 0 atom stereocenters. The largest absolute Gasteiger partial charge is 0.285 e. The summed E-state index contributed by atoms with van der Waals surface area (Å²) in [6.07, 6.45) is 12.2. The fourth-order valence-electron chi connectivity index (χ4n) is 2.30. The smallest absolute Gasteiger partial charge is 0.261 e. The molecule has 2 aliphatic rings. The summed E-state index contributed by atoms with van der Waals surface area (Å²) in [5.41, 5.74) is 2.13. The molecule has 1 aromatic rings. The first-order valence-corrected chi connectivity index (χ1v) is 6.18. The molecule has 2 amide bonds. The first kappa shape index (κ1) is 11.6. The van der Waals surface area contributed by atoms with E-state index in [0.29, 0.717) is 24.1 Å². The maximum Gasteiger partial charge on any atom is 0.261 e. The monoisotopic (exact) mass is 255 g/mol. The van der Waals surface area contributed by atoms with Crippen molar-refractivity contribution >= 4 is 17.9 Å². The molecule has 1 aromatic heterocycles. The number of aromatic amines is 1. The minimum atomic E-state index is -0.187. The third-order valence-corrected chi connectivity index (χ3v) is 3.27. The Balaban J connectivity index is 1.72. The van der Waals surface area contributed by atoms with Gasteiger partial charge in [-0.1, -0.05) is 24.3 Å². The highest BCUT2D eigenvalue weighted by Crippen LogP contribution is 2.28. The van der Waals surface area contributed by atoms with Gasteiger partial charge in [0.25, 0.3) is 11.8 Å². The fraction of sp³-hybridized carbons (Fsp3) is 0.214. The van der Waals surface area contributed by atoms with Gasteiger partial charge < -0.3 is 0 Å². The molecule has 0 radical (unpaired) electrons. The lowest BCUT2D eigenvalue weighted by Gasteiger charge is -2.11. The number of aromatic nitrogens is 2. The SMILES string of the molecule is O=C1C2=C(CCC=C2)C(=O)N1C/C=C/c1cn[nH]c1. The van der Waals surface area contributed by atoms with Gasteiger partial charge in [0.2, 0.25) is 0 Å². The second kappa shape index (κ2) is 4.68. The number of rotatable bonds is 3. The van der Waals surface area contributed by atoms with Gasteiger partial charge >= 0.3 is 0 Å². The molecule has 0 unspecified atom stereocenters. The van der Waals surface area contributed by atoms with Crippen molar-refractivity contribution in [2.45, 2.75) is 12.8 Å². The highest BCUT2D eigenvalue weighted by molar-refractivity contribution is 6.21. The molecule has 2 heterocycles. The quantitative estimate of drug-likeness (QED) is 0.831. The van der Waals surface area contributed by atoms with E-state index in [1.807, 2.05) is 12.2 Å². The minimum Gasteiger partial charge on any atom is -0.285 e. The Morgan fingerprint density at radius 1 is 1.37 bits per heavy atom. The molecule has 0 fully saturated rings. The van der Waals surface area contributed by atoms with Crippen LogP contribution >= 0.6 is 0 Å². The van der Waals surface area contributed by atoms with Crippen LogP contribution in [0, 0.1) is 0 Å². The fourth-order valence-corrected chi connectivity index (χ4v) is 2.30. The Morgan fingerprint density at radius 2 is 2.26 bits per heavy atom. The van der Waals surface area contributed by atoms with Crippen LogP contribution in [0.2, 0.25) is 0 Å². The van der Waals surface area contributed by atoms with Gasteiger partial charge in [-0.3, -0.25) is 19.6 Å². The van der Waals surface area contributed by atoms with E-state index >= 15 is 0 Å². The van der Waals surface area contributed by atoms with Crippen LogP contribution in [0.1, 0.15) is 18.4 Å². The number of hydrogen-bond acceptors (Lipinski definition) is 3. The van der Waals surface area contributed by atoms with Gasteiger partial charge in [0, 0.05) is 29.5 Å². The molecule has 0 saturated carbocycles. The number of carbonyl (C=O) groups excluding carboxylic acids is 2. The maximum atomic E-state index is 12.1. The Labute approximate surface area is 110 Å². The lowest BCUT2D eigenvalue weighted by Crippen LogP contribution is -2.31. The van der Waals surface area contributed by atoms with E-state index < -0.39 is 0 Å². The average molecular weight is 255 g/mol. The van der Waals surface area contributed by atoms with Crippen molar-refractivity contribution in [3.05, 3.63) is 47.3 Å². The summed E-state index contributed by atoms with van der Waals surface area (Å²) in [5.74, 6) is -0.339. The molecule has 0 spiro atoms. The lowest BCUT2D eigenvalue weighted by molar-refractivity contribution is -0.136. The Bertz CT molecular complexity index is 609. The van der Waals surface area contributed by atoms with Gasteiger partial charge in [-0.25, -0.2) is 0 Å². The third kappa shape index (κ3) is 2.03. The van der Waals surface area contributed by atoms with E-state index in [4.69, 9.17) is 0 Å². The van der Waals surface area contributed by atoms with E-state index in [2.05, 4.69) is 10.2 Å². The molecular weight excluding hydrogens is 242 g/mol. The van der Waals surface area contributed by atoms with Gasteiger partial charge in [0.15, 0.2) is 0 Å². The Morgan fingerprint density at radius 3 is 3.00 bits per heavy atom. The average Bonchev–Trinajstić information content (AvgIpc) is 3.02. The molecule has 1 aliphatic heterocycles. The van der Waals surface area contributed by atoms with Crippen LogP contribution in [0.5, 0.6) is 0 Å². The maximum absolute atomic E-state index is 12.1. The van der Waals surface area contributed by atoms with E-state index in [9.17, 15) is 9.59 Å². The molecule has 0 bridgehead atoms. The minimum absolute atomic E-state index is 0.152. The van der Waals surface area contributed by atoms with Crippen molar-refractivity contribution in [3.63, 3.8) is 0 Å². The van der Waals surface area contributed by atoms with Crippen molar-refractivity contribution < 1.29 is 9.59 Å². The van der Waals surface area contributed by atoms with Crippen molar-refractivity contribution in [2.24, 2.45) is 0 Å². The van der Waals surface area contributed by atoms with E-state index in [1.165, 1.54) is 4.90 Å². The number of hydrogen-bond donors (Lipinski definition) is 1. The van der Waals surface area contributed by atoms with Crippen LogP contribution in [-0.4, -0.2) is 33.5 Å². The predicted octanol–water partition coefficient (Wildman–Crippen LogP) is 1.44. The van der Waals surface area contributed by atoms with Crippen LogP contribution in [0.25, 0.3) is 6.08 Å². The summed E-state index contributed by atoms with van der Waals surface area (Å²) in [4.78, 5) is 25.5. The number of carbonyl (C=O) groups is 2. The van der Waals surface area contributed by atoms with E-state index in [-0.39, 0.29) is 11.8 Å². The molecule has 3 rings (SSSR count). The second-order valence-corrected chi connectivity index (χ2v) is 4.49. The molecule has 5 heteroatoms. The molecule has 1 N–H and O–H groups in total. The summed E-state index contributed by atoms with van der Waals surface area (Å²) >= 11 is 0. The lowest BCUT2D eigenvalue weighted by atomic mass is 10.00. The summed E-state index contributed by atoms with van der Waals surface area (Å²) in [6.45, 7) is 0.295. The van der Waals surface area contributed by atoms with Crippen LogP contribution in [0.15, 0.2) is 41.8 Å². The number of amides is 2. The number of nitrogens with zero attached hydrogens (tertiary/aromatic N) is 2. The highest BCUT2D eigenvalue weighted by atomic mass is 16.2. The number of H-pyrrole nitrogens is 1. The highest BCUT2D eigenvalue weighted by Gasteiger charge is 2.36. The van der Waals surface area contributed by atoms with Crippen molar-refractivity contribution in [2.75, 3.05) is 6.54 Å². The van der Waals surface area contributed by atoms with Gasteiger partial charge in [-0.15, -0.1) is 0 Å². The molecule has 19 heavy (non-hydrogen) atoms. The van der Waals surface area contributed by atoms with Gasteiger partial charge in [-0.05, 0) is 12.8 Å². The third-order valence-electron chi connectivity index (χ3n) is 3.27. The summed E-state index contributed by atoms with van der Waals surface area (Å²) in [7, 11) is 0. The Hall–Kier alpha value is -2.43. The van der Waals surface area contributed by atoms with Gasteiger partial charge in [-0.2, -0.15) is 5.10 Å². The normalized spacial score (nSPS) is 18.8. The molecule has 0 saturated heterocycles. The van der Waals surface area contributed by atoms with Crippen LogP contribution in [-0.2, 0) is 9.59 Å². The van der Waals surface area contributed by atoms with Crippen molar-refractivity contribution in [3.8, 4) is 0 Å². The first-order chi connectivity index (χ1) is 9.27. The summed E-state index contributed by atoms with van der Waals surface area (Å²) in [6, 6.07) is 0. The predicted molar refractivity (Wildman–Crippen MR) is 69.7 cm³/mol. The zero-order chi connectivity index (χ0) is 13.2. The van der Waals surface area contributed by atoms with E-state index in [0.717, 1.165) is 12.0 Å². The van der Waals surface area contributed by atoms with Crippen LogP contribution in [0.4, 0.5) is 0 Å². The topological polar surface area (TPSA) is 66.1 Å². The summed E-state index contributed by atoms with van der Waals surface area (Å²) < 4.78 is 0. The summed E-state index contributed by atoms with van der Waals surface area (Å²) in [5, 5.41) is 6.52. The van der Waals surface area contributed by atoms with Crippen LogP contribution < -0.4 is 0 Å². The standard InChI is InChI=1S/C14H13N3O2/c18-13-11-5-1-2-6-12(11)14(19)17(13)7-3-4-10-8-15-16-9-10/h1,3-5,8-9H,2,6-7H2,(H,15,16)/b4-3+. The van der Waals surface area contributed by atoms with Crippen molar-refractivity contribution in [1.29, 1.82) is 0 Å². The van der Waals surface area contributed by atoms with Crippen molar-refractivity contribution in [1.82, 2.24) is 15.1 Å². The Kier molecular flexibility index (Phi) is 2.87. The van der Waals surface area contributed by atoms with Gasteiger partial charge in [0.05, 0.1) is 6.20 Å².